The number of piperazine rings is 2. The van der Waals surface area contributed by atoms with E-state index in [1.807, 2.05) is 5.01 Å². The van der Waals surface area contributed by atoms with Crippen molar-refractivity contribution in [3.63, 3.8) is 0 Å². The highest BCUT2D eigenvalue weighted by molar-refractivity contribution is 5.78. The van der Waals surface area contributed by atoms with Crippen LogP contribution in [0.15, 0.2) is 0 Å². The molecule has 0 saturated carbocycles. The molecule has 5 nitrogen and oxygen atoms in total. The molecule has 0 atom stereocenters. The van der Waals surface area contributed by atoms with Gasteiger partial charge in [0, 0.05) is 32.7 Å². The molecule has 5 heteroatoms. The van der Waals surface area contributed by atoms with E-state index in [0.29, 0.717) is 6.54 Å². The normalized spacial score (nSPS) is 26.5. The second kappa shape index (κ2) is 4.04. The maximum Gasteiger partial charge on any atom is 0.250 e. The molecule has 0 unspecified atom stereocenters. The minimum Gasteiger partial charge on any atom is -0.314 e. The van der Waals surface area contributed by atoms with Gasteiger partial charge in [0.25, 0.3) is 5.91 Å². The number of hydrogen-bond acceptors (Lipinski definition) is 4. The Morgan fingerprint density at radius 3 is 2.38 bits per heavy atom. The molecule has 2 saturated heterocycles. The van der Waals surface area contributed by atoms with Gasteiger partial charge in [-0.15, -0.1) is 0 Å². The Hall–Kier alpha value is -0.650. The Bertz CT molecular complexity index is 191. The Morgan fingerprint density at radius 2 is 1.69 bits per heavy atom. The molecule has 0 bridgehead atoms. The first-order valence-corrected chi connectivity index (χ1v) is 4.84. The van der Waals surface area contributed by atoms with E-state index in [1.54, 1.807) is 0 Å². The quantitative estimate of drug-likeness (QED) is 0.507. The fourth-order valence-corrected chi connectivity index (χ4v) is 1.79. The molecule has 2 aliphatic heterocycles. The van der Waals surface area contributed by atoms with Gasteiger partial charge in [-0.2, -0.15) is 0 Å². The maximum atomic E-state index is 11.5. The zero-order valence-corrected chi connectivity index (χ0v) is 7.75. The van der Waals surface area contributed by atoms with E-state index in [4.69, 9.17) is 0 Å². The summed E-state index contributed by atoms with van der Waals surface area (Å²) in [7, 11) is 0. The number of carbonyl (C=O) groups is 1. The molecular formula is C8H16N4O. The summed E-state index contributed by atoms with van der Waals surface area (Å²) in [4.78, 5) is 11.5. The van der Waals surface area contributed by atoms with Crippen LogP contribution in [0.1, 0.15) is 0 Å². The largest absolute Gasteiger partial charge is 0.314 e. The zero-order valence-electron chi connectivity index (χ0n) is 7.75. The summed E-state index contributed by atoms with van der Waals surface area (Å²) >= 11 is 0. The first-order chi connectivity index (χ1) is 6.38. The predicted molar refractivity (Wildman–Crippen MR) is 49.0 cm³/mol. The Labute approximate surface area is 78.0 Å². The molecule has 2 N–H and O–H groups in total. The fraction of sp³-hybridized carbons (Fsp3) is 0.875. The van der Waals surface area contributed by atoms with Crippen LogP contribution in [0.2, 0.25) is 0 Å². The summed E-state index contributed by atoms with van der Waals surface area (Å²) < 4.78 is 0. The molecule has 2 heterocycles. The summed E-state index contributed by atoms with van der Waals surface area (Å²) in [5.41, 5.74) is 0. The molecule has 0 aromatic heterocycles. The molecule has 0 aromatic rings. The highest BCUT2D eigenvalue weighted by Gasteiger charge is 2.24. The molecule has 2 aliphatic rings. The van der Waals surface area contributed by atoms with E-state index in [-0.39, 0.29) is 5.91 Å². The Kier molecular flexibility index (Phi) is 2.77. The lowest BCUT2D eigenvalue weighted by Crippen LogP contribution is -2.60. The van der Waals surface area contributed by atoms with Gasteiger partial charge in [0.05, 0.1) is 13.1 Å². The molecule has 13 heavy (non-hydrogen) atoms. The first kappa shape index (κ1) is 8.93. The van der Waals surface area contributed by atoms with Crippen LogP contribution in [0.3, 0.4) is 0 Å². The minimum absolute atomic E-state index is 0.202. The first-order valence-electron chi connectivity index (χ1n) is 4.84. The van der Waals surface area contributed by atoms with Crippen LogP contribution < -0.4 is 10.6 Å². The van der Waals surface area contributed by atoms with Gasteiger partial charge < -0.3 is 10.6 Å². The predicted octanol–water partition coefficient (Wildman–Crippen LogP) is -1.76. The second-order valence-electron chi connectivity index (χ2n) is 3.40. The summed E-state index contributed by atoms with van der Waals surface area (Å²) in [5.74, 6) is 0.202. The SMILES string of the molecule is O=C1CNCCN1N1CCNCC1. The molecule has 2 rings (SSSR count). The van der Waals surface area contributed by atoms with Crippen molar-refractivity contribution in [2.45, 2.75) is 0 Å². The van der Waals surface area contributed by atoms with Crippen molar-refractivity contribution < 1.29 is 4.79 Å². The van der Waals surface area contributed by atoms with Crippen LogP contribution in [0, 0.1) is 0 Å². The highest BCUT2D eigenvalue weighted by atomic mass is 16.2. The third-order valence-corrected chi connectivity index (χ3v) is 2.50. The molecule has 2 fully saturated rings. The van der Waals surface area contributed by atoms with Gasteiger partial charge in [0.15, 0.2) is 0 Å². The average molecular weight is 184 g/mol. The van der Waals surface area contributed by atoms with E-state index in [9.17, 15) is 4.79 Å². The number of rotatable bonds is 1. The zero-order chi connectivity index (χ0) is 9.10. The fourth-order valence-electron chi connectivity index (χ4n) is 1.79. The van der Waals surface area contributed by atoms with Crippen molar-refractivity contribution >= 4 is 5.91 Å². The van der Waals surface area contributed by atoms with Crippen LogP contribution in [0.25, 0.3) is 0 Å². The Morgan fingerprint density at radius 1 is 1.00 bits per heavy atom. The van der Waals surface area contributed by atoms with E-state index in [2.05, 4.69) is 15.6 Å². The number of carbonyl (C=O) groups excluding carboxylic acids is 1. The van der Waals surface area contributed by atoms with Crippen LogP contribution >= 0.6 is 0 Å². The second-order valence-corrected chi connectivity index (χ2v) is 3.40. The van der Waals surface area contributed by atoms with Gasteiger partial charge in [-0.05, 0) is 0 Å². The van der Waals surface area contributed by atoms with E-state index in [0.717, 1.165) is 39.3 Å². The molecule has 74 valence electrons. The van der Waals surface area contributed by atoms with E-state index >= 15 is 0 Å². The van der Waals surface area contributed by atoms with Crippen molar-refractivity contribution in [3.05, 3.63) is 0 Å². The van der Waals surface area contributed by atoms with Crippen molar-refractivity contribution in [1.29, 1.82) is 0 Å². The number of nitrogens with one attached hydrogen (secondary N) is 2. The highest BCUT2D eigenvalue weighted by Crippen LogP contribution is 2.02. The summed E-state index contributed by atoms with van der Waals surface area (Å²) in [6.07, 6.45) is 0. The number of amides is 1. The standard InChI is InChI=1S/C8H16N4O/c13-8-7-10-3-6-12(8)11-4-1-9-2-5-11/h9-10H,1-7H2. The summed E-state index contributed by atoms with van der Waals surface area (Å²) in [6, 6.07) is 0. The average Bonchev–Trinajstić information content (AvgIpc) is 2.20. The number of nitrogens with zero attached hydrogens (tertiary/aromatic N) is 2. The molecule has 0 aromatic carbocycles. The van der Waals surface area contributed by atoms with Crippen LogP contribution in [0.4, 0.5) is 0 Å². The summed E-state index contributed by atoms with van der Waals surface area (Å²) in [5, 5.41) is 10.4. The molecule has 0 spiro atoms. The lowest BCUT2D eigenvalue weighted by molar-refractivity contribution is -0.152. The van der Waals surface area contributed by atoms with Gasteiger partial charge in [0.1, 0.15) is 0 Å². The minimum atomic E-state index is 0.202. The van der Waals surface area contributed by atoms with E-state index in [1.165, 1.54) is 0 Å². The summed E-state index contributed by atoms with van der Waals surface area (Å²) in [6.45, 7) is 6.09. The lowest BCUT2D eigenvalue weighted by Gasteiger charge is -2.39. The molecule has 1 amide bonds. The van der Waals surface area contributed by atoms with Gasteiger partial charge in [-0.25, -0.2) is 5.01 Å². The van der Waals surface area contributed by atoms with Crippen molar-refractivity contribution in [3.8, 4) is 0 Å². The van der Waals surface area contributed by atoms with Crippen molar-refractivity contribution in [1.82, 2.24) is 20.7 Å². The third-order valence-electron chi connectivity index (χ3n) is 2.50. The van der Waals surface area contributed by atoms with Crippen molar-refractivity contribution in [2.75, 3.05) is 45.8 Å². The van der Waals surface area contributed by atoms with Gasteiger partial charge in [0.2, 0.25) is 0 Å². The molecule has 0 aliphatic carbocycles. The topological polar surface area (TPSA) is 47.6 Å². The van der Waals surface area contributed by atoms with Gasteiger partial charge in [-0.3, -0.25) is 9.80 Å². The third kappa shape index (κ3) is 1.99. The molecule has 0 radical (unpaired) electrons. The monoisotopic (exact) mass is 184 g/mol. The van der Waals surface area contributed by atoms with E-state index < -0.39 is 0 Å². The maximum absolute atomic E-state index is 11.5. The molecular weight excluding hydrogens is 168 g/mol. The van der Waals surface area contributed by atoms with Crippen molar-refractivity contribution in [2.24, 2.45) is 0 Å². The van der Waals surface area contributed by atoms with Crippen LogP contribution in [-0.4, -0.2) is 61.7 Å². The number of hydrogen-bond donors (Lipinski definition) is 2. The lowest BCUT2D eigenvalue weighted by atomic mass is 10.3. The van der Waals surface area contributed by atoms with Crippen LogP contribution in [0.5, 0.6) is 0 Å². The van der Waals surface area contributed by atoms with Gasteiger partial charge in [-0.1, -0.05) is 0 Å². The smallest absolute Gasteiger partial charge is 0.250 e. The van der Waals surface area contributed by atoms with Gasteiger partial charge >= 0.3 is 0 Å². The Balaban J connectivity index is 1.92. The number of hydrazine groups is 1. The van der Waals surface area contributed by atoms with Crippen LogP contribution in [-0.2, 0) is 4.79 Å².